The third-order valence-electron chi connectivity index (χ3n) is 24.8. The van der Waals surface area contributed by atoms with Crippen LogP contribution in [-0.2, 0) is 10.8 Å². The number of aromatic nitrogens is 9. The van der Waals surface area contributed by atoms with E-state index in [0.717, 1.165) is 123 Å². The Hall–Kier alpha value is -16.2. The van der Waals surface area contributed by atoms with Crippen molar-refractivity contribution in [2.24, 2.45) is 0 Å². The first kappa shape index (κ1) is 77.1. The fourth-order valence-electron chi connectivity index (χ4n) is 18.0. The Kier molecular flexibility index (Phi) is 20.2. The lowest BCUT2D eigenvalue weighted by atomic mass is 9.81. The van der Waals surface area contributed by atoms with Crippen molar-refractivity contribution in [3.8, 4) is 168 Å². The highest BCUT2D eigenvalue weighted by atomic mass is 14.9. The van der Waals surface area contributed by atoms with Crippen LogP contribution in [0.4, 0.5) is 0 Å². The normalized spacial score (nSPS) is 12.4. The standard InChI is InChI=1S/2C40H29N3.C37H25N3/c1-40(2)34-23-29(26-14-16-27(17-15-26)31-11-8-22-41-25-31)18-20-32(34)33-21-19-30(24-35(33)40)39-38(28-9-4-3-5-10-28)42-36-12-6-7-13-37(36)43-39;1-40(2)34-24-30(27-14-12-26(13-15-27)28-20-22-41-23-21-28)16-18-32(34)33-19-17-31(25-35(33)40)39-38(29-8-4-3-5-9-29)42-36-10-6-7-11-37(36)43-39;1-2-8-31(9-3-1)36-37(40-35-12-5-4-11-34(35)39-36)32-23-19-29(20-24-32)27-15-13-26(14-16-27)28-17-21-30(22-18-28)33-10-6-7-25-38-33/h2*3-25H,1-2H3;1-25H. The van der Waals surface area contributed by atoms with Crippen LogP contribution in [0.25, 0.3) is 201 Å². The molecule has 23 rings (SSSR count). The largest absolute Gasteiger partial charge is 0.265 e. The van der Waals surface area contributed by atoms with Crippen LogP contribution in [0.2, 0.25) is 0 Å². The van der Waals surface area contributed by atoms with Crippen molar-refractivity contribution in [2.45, 2.75) is 38.5 Å². The van der Waals surface area contributed by atoms with E-state index in [0.29, 0.717) is 0 Å². The maximum Gasteiger partial charge on any atom is 0.0973 e. The molecular formula is C117H83N9. The van der Waals surface area contributed by atoms with Crippen molar-refractivity contribution in [2.75, 3.05) is 0 Å². The van der Waals surface area contributed by atoms with Gasteiger partial charge in [0.25, 0.3) is 0 Å². The lowest BCUT2D eigenvalue weighted by Gasteiger charge is -2.23. The zero-order valence-corrected chi connectivity index (χ0v) is 70.0. The summed E-state index contributed by atoms with van der Waals surface area (Å²) in [4.78, 5) is 43.4. The van der Waals surface area contributed by atoms with E-state index in [4.69, 9.17) is 29.9 Å². The Morgan fingerprint density at radius 3 is 0.730 bits per heavy atom. The highest BCUT2D eigenvalue weighted by Crippen LogP contribution is 2.54. The van der Waals surface area contributed by atoms with Gasteiger partial charge in [0.05, 0.1) is 73.0 Å². The summed E-state index contributed by atoms with van der Waals surface area (Å²) in [5.41, 5.74) is 43.8. The van der Waals surface area contributed by atoms with E-state index in [1.165, 1.54) is 100 Å². The first-order valence-electron chi connectivity index (χ1n) is 42.7. The predicted molar refractivity (Wildman–Crippen MR) is 518 cm³/mol. The summed E-state index contributed by atoms with van der Waals surface area (Å²) in [6.07, 6.45) is 9.22. The van der Waals surface area contributed by atoms with Gasteiger partial charge >= 0.3 is 0 Å². The summed E-state index contributed by atoms with van der Waals surface area (Å²) in [5.74, 6) is 0. The number of benzene rings is 15. The molecule has 2 aliphatic rings. The van der Waals surface area contributed by atoms with Gasteiger partial charge in [0.2, 0.25) is 0 Å². The topological polar surface area (TPSA) is 116 Å². The van der Waals surface area contributed by atoms with E-state index in [9.17, 15) is 0 Å². The molecule has 9 nitrogen and oxygen atoms in total. The van der Waals surface area contributed by atoms with Gasteiger partial charge in [0, 0.05) is 80.8 Å². The average Bonchev–Trinajstić information content (AvgIpc) is 1.57. The fourth-order valence-corrected chi connectivity index (χ4v) is 18.0. The SMILES string of the molecule is CC1(C)c2cc(-c3ccc(-c4cccnc4)cc3)ccc2-c2ccc(-c3nc4ccccc4nc3-c3ccccc3)cc21.CC1(C)c2cc(-c3ccc(-c4ccncc4)cc3)ccc2-c2ccc(-c3nc4ccccc4nc3-c3ccccc3)cc21.c1ccc(-c2nc3ccccc3nc2-c2ccc(-c3ccc(-c4ccc(-c5ccccn5)cc4)cc3)cc2)cc1. The molecular weight excluding hydrogens is 1530 g/mol. The van der Waals surface area contributed by atoms with Gasteiger partial charge in [-0.05, 0) is 202 Å². The van der Waals surface area contributed by atoms with Gasteiger partial charge in [-0.3, -0.25) is 15.0 Å². The first-order valence-corrected chi connectivity index (χ1v) is 42.7. The molecule has 0 aliphatic heterocycles. The molecule has 0 saturated heterocycles. The van der Waals surface area contributed by atoms with Gasteiger partial charge in [-0.15, -0.1) is 0 Å². The maximum atomic E-state index is 5.16. The number of hydrogen-bond donors (Lipinski definition) is 0. The second kappa shape index (κ2) is 33.0. The average molecular weight is 1620 g/mol. The summed E-state index contributed by atoms with van der Waals surface area (Å²) >= 11 is 0. The van der Waals surface area contributed by atoms with Crippen LogP contribution in [-0.4, -0.2) is 44.9 Å². The van der Waals surface area contributed by atoms with Crippen LogP contribution in [0.3, 0.4) is 0 Å². The Morgan fingerprint density at radius 2 is 0.413 bits per heavy atom. The van der Waals surface area contributed by atoms with Crippen LogP contribution in [0.5, 0.6) is 0 Å². The van der Waals surface area contributed by atoms with Crippen molar-refractivity contribution in [1.29, 1.82) is 0 Å². The quantitative estimate of drug-likeness (QED) is 0.111. The molecule has 21 aromatic rings. The number of nitrogens with zero attached hydrogens (tertiary/aromatic N) is 9. The smallest absolute Gasteiger partial charge is 0.0973 e. The van der Waals surface area contributed by atoms with Crippen molar-refractivity contribution in [3.63, 3.8) is 0 Å². The number of para-hydroxylation sites is 6. The molecule has 6 heterocycles. The molecule has 9 heteroatoms. The predicted octanol–water partition coefficient (Wildman–Crippen LogP) is 29.4. The highest BCUT2D eigenvalue weighted by Gasteiger charge is 2.38. The number of rotatable bonds is 13. The van der Waals surface area contributed by atoms with E-state index >= 15 is 0 Å². The summed E-state index contributed by atoms with van der Waals surface area (Å²) < 4.78 is 0. The second-order valence-corrected chi connectivity index (χ2v) is 33.2. The van der Waals surface area contributed by atoms with Gasteiger partial charge in [-0.1, -0.05) is 337 Å². The maximum absolute atomic E-state index is 5.16. The number of pyridine rings is 3. The Balaban J connectivity index is 0.000000115. The molecule has 126 heavy (non-hydrogen) atoms. The minimum Gasteiger partial charge on any atom is -0.265 e. The summed E-state index contributed by atoms with van der Waals surface area (Å²) in [6.45, 7) is 9.34. The van der Waals surface area contributed by atoms with E-state index in [1.807, 2.05) is 171 Å². The van der Waals surface area contributed by atoms with Crippen LogP contribution in [0.1, 0.15) is 49.9 Å². The molecule has 0 spiro atoms. The molecule has 6 aromatic heterocycles. The van der Waals surface area contributed by atoms with Crippen molar-refractivity contribution >= 4 is 33.1 Å². The molecule has 0 atom stereocenters. The Labute approximate surface area is 733 Å². The minimum absolute atomic E-state index is 0.162. The Bertz CT molecular complexity index is 7290. The van der Waals surface area contributed by atoms with Crippen molar-refractivity contribution in [1.82, 2.24) is 44.9 Å². The summed E-state index contributed by atoms with van der Waals surface area (Å²) in [5, 5.41) is 0. The van der Waals surface area contributed by atoms with Crippen LogP contribution in [0.15, 0.2) is 431 Å². The molecule has 596 valence electrons. The molecule has 15 aromatic carbocycles. The zero-order valence-electron chi connectivity index (χ0n) is 70.0. The van der Waals surface area contributed by atoms with Gasteiger partial charge in [-0.2, -0.15) is 0 Å². The lowest BCUT2D eigenvalue weighted by Crippen LogP contribution is -2.15. The highest BCUT2D eigenvalue weighted by molar-refractivity contribution is 5.94. The first-order chi connectivity index (χ1) is 61.9. The summed E-state index contributed by atoms with van der Waals surface area (Å²) in [7, 11) is 0. The lowest BCUT2D eigenvalue weighted by molar-refractivity contribution is 0.660. The molecule has 0 radical (unpaired) electrons. The molecule has 0 unspecified atom stereocenters. The molecule has 0 fully saturated rings. The number of hydrogen-bond acceptors (Lipinski definition) is 9. The third kappa shape index (κ3) is 14.9. The third-order valence-corrected chi connectivity index (χ3v) is 24.8. The van der Waals surface area contributed by atoms with Gasteiger partial charge in [0.15, 0.2) is 0 Å². The molecule has 0 saturated carbocycles. The van der Waals surface area contributed by atoms with Crippen LogP contribution in [0, 0.1) is 0 Å². The second-order valence-electron chi connectivity index (χ2n) is 33.2. The van der Waals surface area contributed by atoms with Gasteiger partial charge in [-0.25, -0.2) is 29.9 Å². The minimum atomic E-state index is -0.163. The summed E-state index contributed by atoms with van der Waals surface area (Å²) in [6, 6.07) is 140. The molecule has 0 N–H and O–H groups in total. The fraction of sp³-hybridized carbons (Fsp3) is 0.0513. The van der Waals surface area contributed by atoms with Crippen LogP contribution < -0.4 is 0 Å². The molecule has 0 bridgehead atoms. The van der Waals surface area contributed by atoms with Crippen LogP contribution >= 0.6 is 0 Å². The number of fused-ring (bicyclic) bond motifs is 9. The van der Waals surface area contributed by atoms with Gasteiger partial charge in [0.1, 0.15) is 0 Å². The van der Waals surface area contributed by atoms with Crippen molar-refractivity contribution < 1.29 is 0 Å². The molecule has 0 amide bonds. The van der Waals surface area contributed by atoms with E-state index < -0.39 is 0 Å². The monoisotopic (exact) mass is 1610 g/mol. The van der Waals surface area contributed by atoms with E-state index in [-0.39, 0.29) is 10.8 Å². The van der Waals surface area contributed by atoms with Gasteiger partial charge < -0.3 is 0 Å². The van der Waals surface area contributed by atoms with E-state index in [1.54, 1.807) is 0 Å². The zero-order chi connectivity index (χ0) is 84.7. The van der Waals surface area contributed by atoms with E-state index in [2.05, 4.69) is 304 Å². The Morgan fingerprint density at radius 1 is 0.167 bits per heavy atom. The molecule has 2 aliphatic carbocycles. The van der Waals surface area contributed by atoms with Crippen molar-refractivity contribution in [3.05, 3.63) is 454 Å².